The van der Waals surface area contributed by atoms with Gasteiger partial charge in [-0.15, -0.1) is 5.10 Å². The monoisotopic (exact) mass is 306 g/mol. The van der Waals surface area contributed by atoms with E-state index in [2.05, 4.69) is 25.8 Å². The zero-order valence-electron chi connectivity index (χ0n) is 12.8. The van der Waals surface area contributed by atoms with Crippen molar-refractivity contribution in [2.75, 3.05) is 0 Å². The van der Waals surface area contributed by atoms with Gasteiger partial charge in [-0.25, -0.2) is 4.68 Å². The highest BCUT2D eigenvalue weighted by atomic mass is 16.5. The molecule has 8 heteroatoms. The Kier molecular flexibility index (Phi) is 4.79. The topological polar surface area (TPSA) is 102 Å². The number of rotatable bonds is 6. The summed E-state index contributed by atoms with van der Waals surface area (Å²) in [6.45, 7) is 2.50. The summed E-state index contributed by atoms with van der Waals surface area (Å²) in [6, 6.07) is 0.546. The predicted octanol–water partition coefficient (Wildman–Crippen LogP) is 0.989. The lowest BCUT2D eigenvalue weighted by Gasteiger charge is -2.31. The summed E-state index contributed by atoms with van der Waals surface area (Å²) in [5, 5.41) is 24.7. The van der Waals surface area contributed by atoms with Gasteiger partial charge in [0.2, 0.25) is 5.89 Å². The third-order valence-corrected chi connectivity index (χ3v) is 4.12. The second-order valence-corrected chi connectivity index (χ2v) is 5.65. The Hall–Kier alpha value is -1.80. The minimum Gasteiger partial charge on any atom is -0.390 e. The number of aryl methyl sites for hydroxylation is 1. The van der Waals surface area contributed by atoms with E-state index in [1.165, 1.54) is 12.8 Å². The first-order valence-electron chi connectivity index (χ1n) is 7.86. The molecule has 120 valence electrons. The highest BCUT2D eigenvalue weighted by Gasteiger charge is 2.27. The molecule has 0 aliphatic heterocycles. The molecule has 0 aromatic carbocycles. The van der Waals surface area contributed by atoms with Gasteiger partial charge in [-0.3, -0.25) is 0 Å². The largest absolute Gasteiger partial charge is 0.390 e. The average molecular weight is 306 g/mol. The summed E-state index contributed by atoms with van der Waals surface area (Å²) in [4.78, 5) is 4.32. The Morgan fingerprint density at radius 2 is 2.27 bits per heavy atom. The normalized spacial score (nSPS) is 22.1. The summed E-state index contributed by atoms with van der Waals surface area (Å²) >= 11 is 0. The van der Waals surface area contributed by atoms with E-state index in [1.807, 2.05) is 17.8 Å². The molecule has 0 spiro atoms. The summed E-state index contributed by atoms with van der Waals surface area (Å²) in [5.74, 6) is 1.36. The summed E-state index contributed by atoms with van der Waals surface area (Å²) in [5.41, 5.74) is 0.607. The molecular formula is C14H22N6O2. The quantitative estimate of drug-likeness (QED) is 0.820. The molecule has 1 fully saturated rings. The molecule has 2 aromatic heterocycles. The smallest absolute Gasteiger partial charge is 0.226 e. The van der Waals surface area contributed by atoms with Crippen LogP contribution in [0.15, 0.2) is 10.7 Å². The maximum Gasteiger partial charge on any atom is 0.226 e. The number of nitrogens with one attached hydrogen (secondary N) is 1. The van der Waals surface area contributed by atoms with Crippen molar-refractivity contribution in [1.29, 1.82) is 0 Å². The zero-order chi connectivity index (χ0) is 15.4. The number of hydrogen-bond acceptors (Lipinski definition) is 7. The molecule has 1 saturated carbocycles. The lowest BCUT2D eigenvalue weighted by molar-refractivity contribution is 0.240. The summed E-state index contributed by atoms with van der Waals surface area (Å²) in [7, 11) is 0. The van der Waals surface area contributed by atoms with Gasteiger partial charge >= 0.3 is 0 Å². The van der Waals surface area contributed by atoms with Gasteiger partial charge in [0.1, 0.15) is 5.69 Å². The Morgan fingerprint density at radius 3 is 3.00 bits per heavy atom. The molecule has 0 radical (unpaired) electrons. The van der Waals surface area contributed by atoms with E-state index in [9.17, 15) is 0 Å². The lowest BCUT2D eigenvalue weighted by atomic mass is 9.90. The molecule has 0 saturated heterocycles. The van der Waals surface area contributed by atoms with Crippen LogP contribution in [0.5, 0.6) is 0 Å². The second kappa shape index (κ2) is 6.97. The number of aromatic nitrogens is 5. The van der Waals surface area contributed by atoms with E-state index < -0.39 is 0 Å². The maximum absolute atomic E-state index is 9.13. The third kappa shape index (κ3) is 3.33. The fraction of sp³-hybridized carbons (Fsp3) is 0.714. The molecule has 2 atom stereocenters. The van der Waals surface area contributed by atoms with Crippen molar-refractivity contribution in [3.63, 3.8) is 0 Å². The Morgan fingerprint density at radius 1 is 1.41 bits per heavy atom. The molecule has 3 rings (SSSR count). The van der Waals surface area contributed by atoms with E-state index in [1.54, 1.807) is 0 Å². The lowest BCUT2D eigenvalue weighted by Crippen LogP contribution is -2.40. The number of hydrogen-bond donors (Lipinski definition) is 2. The Labute approximate surface area is 128 Å². The highest BCUT2D eigenvalue weighted by molar-refractivity contribution is 4.95. The first-order chi connectivity index (χ1) is 10.8. The van der Waals surface area contributed by atoms with Crippen molar-refractivity contribution in [3.8, 4) is 0 Å². The van der Waals surface area contributed by atoms with Crippen molar-refractivity contribution >= 4 is 0 Å². The van der Waals surface area contributed by atoms with Crippen LogP contribution >= 0.6 is 0 Å². The number of aliphatic hydroxyl groups excluding tert-OH is 1. The molecule has 1 aliphatic carbocycles. The fourth-order valence-electron chi connectivity index (χ4n) is 2.94. The van der Waals surface area contributed by atoms with Crippen LogP contribution in [0.25, 0.3) is 0 Å². The van der Waals surface area contributed by atoms with Gasteiger partial charge in [0, 0.05) is 12.5 Å². The van der Waals surface area contributed by atoms with Crippen molar-refractivity contribution < 1.29 is 9.63 Å². The van der Waals surface area contributed by atoms with Gasteiger partial charge in [-0.1, -0.05) is 30.1 Å². The molecule has 8 nitrogen and oxygen atoms in total. The minimum absolute atomic E-state index is 0.0759. The van der Waals surface area contributed by atoms with Crippen LogP contribution in [0.1, 0.15) is 56.1 Å². The van der Waals surface area contributed by atoms with Crippen LogP contribution in [0.4, 0.5) is 0 Å². The second-order valence-electron chi connectivity index (χ2n) is 5.65. The first kappa shape index (κ1) is 15.1. The van der Waals surface area contributed by atoms with Gasteiger partial charge in [0.15, 0.2) is 5.82 Å². The van der Waals surface area contributed by atoms with Crippen LogP contribution in [-0.4, -0.2) is 36.3 Å². The molecule has 2 heterocycles. The standard InChI is InChI=1S/C14H22N6O2/c1-2-14-16-13(18-22-14)7-15-11-5-3-4-6-12(11)20-8-10(9-21)17-19-20/h8,11-12,15,21H,2-7,9H2,1H3/t11-,12+/m0/s1. The minimum atomic E-state index is -0.0759. The molecule has 0 bridgehead atoms. The predicted molar refractivity (Wildman–Crippen MR) is 77.8 cm³/mol. The first-order valence-corrected chi connectivity index (χ1v) is 7.86. The van der Waals surface area contributed by atoms with E-state index in [0.29, 0.717) is 30.0 Å². The van der Waals surface area contributed by atoms with Crippen molar-refractivity contribution in [2.45, 2.75) is 64.3 Å². The fourth-order valence-corrected chi connectivity index (χ4v) is 2.94. The van der Waals surface area contributed by atoms with Gasteiger partial charge in [0.05, 0.1) is 25.4 Å². The van der Waals surface area contributed by atoms with Crippen LogP contribution in [0.2, 0.25) is 0 Å². The van der Waals surface area contributed by atoms with E-state index in [-0.39, 0.29) is 12.6 Å². The van der Waals surface area contributed by atoms with Gasteiger partial charge < -0.3 is 14.9 Å². The molecule has 22 heavy (non-hydrogen) atoms. The van der Waals surface area contributed by atoms with Crippen LogP contribution in [-0.2, 0) is 19.6 Å². The Bertz CT molecular complexity index is 596. The zero-order valence-corrected chi connectivity index (χ0v) is 12.8. The van der Waals surface area contributed by atoms with Crippen LogP contribution in [0, 0.1) is 0 Å². The molecule has 0 unspecified atom stereocenters. The summed E-state index contributed by atoms with van der Waals surface area (Å²) in [6.07, 6.45) is 7.09. The molecule has 0 amide bonds. The van der Waals surface area contributed by atoms with Gasteiger partial charge in [-0.05, 0) is 12.8 Å². The number of nitrogens with zero attached hydrogens (tertiary/aromatic N) is 5. The third-order valence-electron chi connectivity index (χ3n) is 4.12. The van der Waals surface area contributed by atoms with Gasteiger partial charge in [0.25, 0.3) is 0 Å². The summed E-state index contributed by atoms with van der Waals surface area (Å²) < 4.78 is 7.00. The Balaban J connectivity index is 1.64. The van der Waals surface area contributed by atoms with E-state index >= 15 is 0 Å². The van der Waals surface area contributed by atoms with Gasteiger partial charge in [-0.2, -0.15) is 4.98 Å². The van der Waals surface area contributed by atoms with E-state index in [4.69, 9.17) is 9.63 Å². The molecule has 2 aromatic rings. The molecular weight excluding hydrogens is 284 g/mol. The average Bonchev–Trinajstić information content (AvgIpc) is 3.22. The van der Waals surface area contributed by atoms with E-state index in [0.717, 1.165) is 19.3 Å². The van der Waals surface area contributed by atoms with Crippen LogP contribution in [0.3, 0.4) is 0 Å². The maximum atomic E-state index is 9.13. The molecule has 2 N–H and O–H groups in total. The van der Waals surface area contributed by atoms with Crippen molar-refractivity contribution in [1.82, 2.24) is 30.5 Å². The van der Waals surface area contributed by atoms with Crippen molar-refractivity contribution in [2.24, 2.45) is 0 Å². The SMILES string of the molecule is CCc1nc(CN[C@H]2CCCC[C@H]2n2cc(CO)nn2)no1. The van der Waals surface area contributed by atoms with Crippen molar-refractivity contribution in [3.05, 3.63) is 23.6 Å². The highest BCUT2D eigenvalue weighted by Crippen LogP contribution is 2.28. The van der Waals surface area contributed by atoms with Crippen LogP contribution < -0.4 is 5.32 Å². The molecule has 1 aliphatic rings. The number of aliphatic hydroxyl groups is 1.